The van der Waals surface area contributed by atoms with Gasteiger partial charge >= 0.3 is 6.03 Å². The summed E-state index contributed by atoms with van der Waals surface area (Å²) in [5, 5.41) is 9.33. The van der Waals surface area contributed by atoms with Crippen LogP contribution in [-0.4, -0.2) is 27.6 Å². The maximum atomic E-state index is 12.4. The topological polar surface area (TPSA) is 71.3 Å². The number of hydrogen-bond acceptors (Lipinski definition) is 5. The van der Waals surface area contributed by atoms with Crippen LogP contribution in [0, 0.1) is 0 Å². The summed E-state index contributed by atoms with van der Waals surface area (Å²) in [5.74, 6) is 0.931. The number of hydrogen-bond donors (Lipinski definition) is 1. The zero-order valence-electron chi connectivity index (χ0n) is 12.9. The Labute approximate surface area is 148 Å². The average Bonchev–Trinajstić information content (AvgIpc) is 3.25. The predicted molar refractivity (Wildman–Crippen MR) is 94.2 cm³/mol. The highest BCUT2D eigenvalue weighted by molar-refractivity contribution is 7.13. The van der Waals surface area contributed by atoms with Gasteiger partial charge in [0.25, 0.3) is 0 Å². The van der Waals surface area contributed by atoms with Crippen molar-refractivity contribution >= 4 is 34.7 Å². The van der Waals surface area contributed by atoms with Gasteiger partial charge in [-0.1, -0.05) is 22.8 Å². The van der Waals surface area contributed by atoms with Gasteiger partial charge < -0.3 is 14.7 Å². The molecule has 0 aliphatic rings. The van der Waals surface area contributed by atoms with Crippen molar-refractivity contribution in [2.24, 2.45) is 0 Å². The van der Waals surface area contributed by atoms with Crippen molar-refractivity contribution in [2.75, 3.05) is 11.9 Å². The van der Waals surface area contributed by atoms with Crippen LogP contribution in [0.5, 0.6) is 0 Å². The van der Waals surface area contributed by atoms with Crippen LogP contribution >= 0.6 is 22.9 Å². The maximum absolute atomic E-state index is 12.4. The summed E-state index contributed by atoms with van der Waals surface area (Å²) >= 11 is 7.37. The predicted octanol–water partition coefficient (Wildman–Crippen LogP) is 4.51. The summed E-state index contributed by atoms with van der Waals surface area (Å²) in [5.41, 5.74) is 0.674. The van der Waals surface area contributed by atoms with E-state index in [1.54, 1.807) is 29.2 Å². The molecule has 1 aromatic carbocycles. The fourth-order valence-corrected chi connectivity index (χ4v) is 2.83. The van der Waals surface area contributed by atoms with Crippen molar-refractivity contribution in [3.63, 3.8) is 0 Å². The van der Waals surface area contributed by atoms with Crippen LogP contribution in [0.2, 0.25) is 5.02 Å². The van der Waals surface area contributed by atoms with Gasteiger partial charge in [-0.3, -0.25) is 0 Å². The number of carbonyl (C=O) groups is 1. The first-order valence-corrected chi connectivity index (χ1v) is 8.59. The number of urea groups is 1. The first-order valence-electron chi connectivity index (χ1n) is 7.33. The van der Waals surface area contributed by atoms with Crippen molar-refractivity contribution in [3.8, 4) is 10.7 Å². The van der Waals surface area contributed by atoms with Gasteiger partial charge in [0, 0.05) is 17.3 Å². The molecule has 124 valence electrons. The van der Waals surface area contributed by atoms with E-state index < -0.39 is 0 Å². The molecule has 1 N–H and O–H groups in total. The van der Waals surface area contributed by atoms with Crippen LogP contribution in [-0.2, 0) is 6.54 Å². The van der Waals surface area contributed by atoms with Crippen LogP contribution < -0.4 is 5.32 Å². The Morgan fingerprint density at radius 3 is 2.79 bits per heavy atom. The summed E-state index contributed by atoms with van der Waals surface area (Å²) < 4.78 is 5.24. The fourth-order valence-electron chi connectivity index (χ4n) is 2.05. The van der Waals surface area contributed by atoms with Crippen molar-refractivity contribution in [3.05, 3.63) is 52.7 Å². The highest BCUT2D eigenvalue weighted by Gasteiger charge is 2.17. The van der Waals surface area contributed by atoms with Crippen LogP contribution in [0.1, 0.15) is 12.8 Å². The second-order valence-corrected chi connectivity index (χ2v) is 6.32. The molecule has 6 nitrogen and oxygen atoms in total. The van der Waals surface area contributed by atoms with Crippen LogP contribution in [0.25, 0.3) is 10.7 Å². The summed E-state index contributed by atoms with van der Waals surface area (Å²) in [7, 11) is 0. The van der Waals surface area contributed by atoms with Gasteiger partial charge in [0.15, 0.2) is 0 Å². The lowest BCUT2D eigenvalue weighted by molar-refractivity contribution is 0.203. The number of aromatic nitrogens is 2. The molecule has 0 spiro atoms. The van der Waals surface area contributed by atoms with E-state index in [1.165, 1.54) is 11.3 Å². The van der Waals surface area contributed by atoms with E-state index in [1.807, 2.05) is 24.4 Å². The Kier molecular flexibility index (Phi) is 5.12. The zero-order chi connectivity index (χ0) is 16.9. The molecule has 2 heterocycles. The van der Waals surface area contributed by atoms with E-state index in [2.05, 4.69) is 15.5 Å². The number of anilines is 1. The summed E-state index contributed by atoms with van der Waals surface area (Å²) in [6.07, 6.45) is 0. The first kappa shape index (κ1) is 16.5. The molecule has 2 aromatic heterocycles. The Hall–Kier alpha value is -2.38. The van der Waals surface area contributed by atoms with E-state index in [0.29, 0.717) is 29.0 Å². The van der Waals surface area contributed by atoms with Crippen LogP contribution in [0.15, 0.2) is 46.3 Å². The Balaban J connectivity index is 1.65. The Bertz CT molecular complexity index is 802. The highest BCUT2D eigenvalue weighted by atomic mass is 35.5. The molecule has 0 atom stereocenters. The number of nitrogens with zero attached hydrogens (tertiary/aromatic N) is 3. The van der Waals surface area contributed by atoms with Gasteiger partial charge in [0.1, 0.15) is 6.54 Å². The summed E-state index contributed by atoms with van der Waals surface area (Å²) in [4.78, 5) is 19.2. The van der Waals surface area contributed by atoms with E-state index in [0.717, 1.165) is 4.88 Å². The molecule has 3 aromatic rings. The van der Waals surface area contributed by atoms with Gasteiger partial charge in [0.05, 0.1) is 4.88 Å². The third-order valence-electron chi connectivity index (χ3n) is 3.30. The minimum Gasteiger partial charge on any atom is -0.337 e. The lowest BCUT2D eigenvalue weighted by Gasteiger charge is -2.19. The van der Waals surface area contributed by atoms with E-state index in [-0.39, 0.29) is 12.6 Å². The minimum atomic E-state index is -0.240. The number of carbonyl (C=O) groups excluding carboxylic acids is 1. The largest absolute Gasteiger partial charge is 0.337 e. The van der Waals surface area contributed by atoms with E-state index in [4.69, 9.17) is 16.1 Å². The van der Waals surface area contributed by atoms with Crippen LogP contribution in [0.4, 0.5) is 10.5 Å². The maximum Gasteiger partial charge on any atom is 0.322 e. The molecule has 0 saturated carbocycles. The molecule has 0 unspecified atom stereocenters. The second kappa shape index (κ2) is 7.46. The first-order chi connectivity index (χ1) is 11.7. The van der Waals surface area contributed by atoms with Crippen molar-refractivity contribution in [1.29, 1.82) is 0 Å². The number of amides is 2. The lowest BCUT2D eigenvalue weighted by Crippen LogP contribution is -2.34. The molecule has 3 rings (SSSR count). The third kappa shape index (κ3) is 3.93. The molecule has 0 aliphatic carbocycles. The minimum absolute atomic E-state index is 0.240. The molecule has 8 heteroatoms. The van der Waals surface area contributed by atoms with Gasteiger partial charge in [-0.15, -0.1) is 11.3 Å². The number of nitrogens with one attached hydrogen (secondary N) is 1. The monoisotopic (exact) mass is 362 g/mol. The molecule has 24 heavy (non-hydrogen) atoms. The summed E-state index contributed by atoms with van der Waals surface area (Å²) in [6.45, 7) is 2.64. The number of halogens is 1. The highest BCUT2D eigenvalue weighted by Crippen LogP contribution is 2.21. The van der Waals surface area contributed by atoms with Crippen molar-refractivity contribution < 1.29 is 9.32 Å². The van der Waals surface area contributed by atoms with Crippen LogP contribution in [0.3, 0.4) is 0 Å². The smallest absolute Gasteiger partial charge is 0.322 e. The molecule has 0 radical (unpaired) electrons. The summed E-state index contributed by atoms with van der Waals surface area (Å²) in [6, 6.07) is 10.5. The lowest BCUT2D eigenvalue weighted by atomic mass is 10.3. The molecule has 0 saturated heterocycles. The molecule has 0 bridgehead atoms. The normalized spacial score (nSPS) is 10.6. The average molecular weight is 363 g/mol. The Morgan fingerprint density at radius 1 is 1.33 bits per heavy atom. The van der Waals surface area contributed by atoms with Gasteiger partial charge in [-0.2, -0.15) is 4.98 Å². The Morgan fingerprint density at radius 2 is 2.12 bits per heavy atom. The molecule has 0 aliphatic heterocycles. The molecular formula is C16H15ClN4O2S. The van der Waals surface area contributed by atoms with E-state index >= 15 is 0 Å². The number of benzene rings is 1. The number of rotatable bonds is 5. The standard InChI is InChI=1S/C16H15ClN4O2S/c1-2-21(16(22)18-12-7-5-11(17)6-8-12)10-14-19-15(20-23-14)13-4-3-9-24-13/h3-9H,2,10H2,1H3,(H,18,22). The molecule has 2 amide bonds. The second-order valence-electron chi connectivity index (χ2n) is 4.94. The fraction of sp³-hybridized carbons (Fsp3) is 0.188. The quantitative estimate of drug-likeness (QED) is 0.725. The van der Waals surface area contributed by atoms with E-state index in [9.17, 15) is 4.79 Å². The molecule has 0 fully saturated rings. The SMILES string of the molecule is CCN(Cc1nc(-c2cccs2)no1)C(=O)Nc1ccc(Cl)cc1. The number of thiophene rings is 1. The third-order valence-corrected chi connectivity index (χ3v) is 4.42. The van der Waals surface area contributed by atoms with Crippen molar-refractivity contribution in [1.82, 2.24) is 15.0 Å². The van der Waals surface area contributed by atoms with Gasteiger partial charge in [-0.05, 0) is 42.6 Å². The van der Waals surface area contributed by atoms with Crippen molar-refractivity contribution in [2.45, 2.75) is 13.5 Å². The van der Waals surface area contributed by atoms with Gasteiger partial charge in [-0.25, -0.2) is 4.79 Å². The molecular weight excluding hydrogens is 348 g/mol. The zero-order valence-corrected chi connectivity index (χ0v) is 14.5. The van der Waals surface area contributed by atoms with Gasteiger partial charge in [0.2, 0.25) is 11.7 Å².